The Morgan fingerprint density at radius 2 is 2.28 bits per heavy atom. The van der Waals surface area contributed by atoms with Crippen molar-refractivity contribution >= 4 is 17.5 Å². The first-order valence-corrected chi connectivity index (χ1v) is 5.57. The van der Waals surface area contributed by atoms with Crippen LogP contribution in [0.5, 0.6) is 0 Å². The number of nitrogens with zero attached hydrogens (tertiary/aromatic N) is 2. The monoisotopic (exact) mass is 249 g/mol. The minimum atomic E-state index is -0.424. The highest BCUT2D eigenvalue weighted by Gasteiger charge is 2.19. The number of aryl methyl sites for hydroxylation is 1. The van der Waals surface area contributed by atoms with E-state index in [1.165, 1.54) is 0 Å². The van der Waals surface area contributed by atoms with Crippen molar-refractivity contribution in [2.75, 3.05) is 11.1 Å². The summed E-state index contributed by atoms with van der Waals surface area (Å²) in [5, 5.41) is 12.9. The molecule has 4 N–H and O–H groups in total. The molecule has 0 fully saturated rings. The van der Waals surface area contributed by atoms with Gasteiger partial charge in [0.1, 0.15) is 0 Å². The SMILES string of the molecule is Cc1cc(NC(=O)c2n[nH]c(C(C)C)c2N)on1. The van der Waals surface area contributed by atoms with Gasteiger partial charge in [0, 0.05) is 6.07 Å². The van der Waals surface area contributed by atoms with E-state index in [1.54, 1.807) is 13.0 Å². The van der Waals surface area contributed by atoms with Gasteiger partial charge in [-0.05, 0) is 12.8 Å². The lowest BCUT2D eigenvalue weighted by Crippen LogP contribution is -2.14. The molecule has 0 unspecified atom stereocenters. The van der Waals surface area contributed by atoms with Gasteiger partial charge in [-0.25, -0.2) is 0 Å². The lowest BCUT2D eigenvalue weighted by molar-refractivity contribution is 0.102. The van der Waals surface area contributed by atoms with E-state index in [4.69, 9.17) is 10.3 Å². The zero-order valence-corrected chi connectivity index (χ0v) is 10.4. The van der Waals surface area contributed by atoms with Crippen molar-refractivity contribution in [2.24, 2.45) is 0 Å². The molecule has 0 bridgehead atoms. The third kappa shape index (κ3) is 2.20. The molecule has 2 aromatic rings. The third-order valence-electron chi connectivity index (χ3n) is 2.49. The van der Waals surface area contributed by atoms with Crippen LogP contribution in [0.2, 0.25) is 0 Å². The van der Waals surface area contributed by atoms with Gasteiger partial charge in [-0.15, -0.1) is 0 Å². The molecule has 0 aliphatic heterocycles. The van der Waals surface area contributed by atoms with Gasteiger partial charge in [-0.1, -0.05) is 19.0 Å². The molecule has 0 spiro atoms. The standard InChI is InChI=1S/C11H15N5O2/c1-5(2)9-8(12)10(15-14-9)11(17)13-7-4-6(3)16-18-7/h4-5H,12H2,1-3H3,(H,13,17)(H,14,15). The van der Waals surface area contributed by atoms with Crippen molar-refractivity contribution < 1.29 is 9.32 Å². The van der Waals surface area contributed by atoms with E-state index in [-0.39, 0.29) is 17.5 Å². The second-order valence-corrected chi connectivity index (χ2v) is 4.34. The maximum absolute atomic E-state index is 11.9. The topological polar surface area (TPSA) is 110 Å². The first kappa shape index (κ1) is 12.2. The number of aromatic nitrogens is 3. The number of nitrogens with one attached hydrogen (secondary N) is 2. The summed E-state index contributed by atoms with van der Waals surface area (Å²) >= 11 is 0. The van der Waals surface area contributed by atoms with Crippen LogP contribution in [0.25, 0.3) is 0 Å². The van der Waals surface area contributed by atoms with E-state index in [1.807, 2.05) is 13.8 Å². The zero-order chi connectivity index (χ0) is 13.3. The molecule has 7 nitrogen and oxygen atoms in total. The Bertz CT molecular complexity index is 570. The van der Waals surface area contributed by atoms with Gasteiger partial charge in [-0.2, -0.15) is 5.10 Å². The molecule has 0 atom stereocenters. The van der Waals surface area contributed by atoms with Crippen LogP contribution < -0.4 is 11.1 Å². The molecule has 18 heavy (non-hydrogen) atoms. The van der Waals surface area contributed by atoms with Crippen LogP contribution in [0.1, 0.15) is 41.6 Å². The third-order valence-corrected chi connectivity index (χ3v) is 2.49. The largest absolute Gasteiger partial charge is 0.395 e. The molecule has 0 saturated carbocycles. The Balaban J connectivity index is 2.19. The predicted molar refractivity (Wildman–Crippen MR) is 66.3 cm³/mol. The Hall–Kier alpha value is -2.31. The number of rotatable bonds is 3. The second-order valence-electron chi connectivity index (χ2n) is 4.34. The lowest BCUT2D eigenvalue weighted by Gasteiger charge is -2.02. The van der Waals surface area contributed by atoms with E-state index >= 15 is 0 Å². The molecule has 96 valence electrons. The molecule has 0 aromatic carbocycles. The van der Waals surface area contributed by atoms with E-state index in [0.29, 0.717) is 11.4 Å². The number of nitrogen functional groups attached to an aromatic ring is 1. The number of hydrogen-bond donors (Lipinski definition) is 3. The average molecular weight is 249 g/mol. The summed E-state index contributed by atoms with van der Waals surface area (Å²) < 4.78 is 4.89. The molecule has 0 aliphatic carbocycles. The van der Waals surface area contributed by atoms with Crippen molar-refractivity contribution in [3.8, 4) is 0 Å². The number of nitrogens with two attached hydrogens (primary N) is 1. The smallest absolute Gasteiger partial charge is 0.280 e. The lowest BCUT2D eigenvalue weighted by atomic mass is 10.1. The number of carbonyl (C=O) groups excluding carboxylic acids is 1. The maximum Gasteiger partial charge on any atom is 0.280 e. The van der Waals surface area contributed by atoms with Crippen molar-refractivity contribution in [2.45, 2.75) is 26.7 Å². The Morgan fingerprint density at radius 3 is 2.78 bits per heavy atom. The van der Waals surface area contributed by atoms with Crippen LogP contribution in [0, 0.1) is 6.92 Å². The van der Waals surface area contributed by atoms with Crippen molar-refractivity contribution in [1.82, 2.24) is 15.4 Å². The molecule has 0 saturated heterocycles. The first-order valence-electron chi connectivity index (χ1n) is 5.57. The normalized spacial score (nSPS) is 10.9. The number of carbonyl (C=O) groups is 1. The average Bonchev–Trinajstić information content (AvgIpc) is 2.85. The molecule has 1 amide bonds. The molecule has 2 heterocycles. The fourth-order valence-electron chi connectivity index (χ4n) is 1.57. The maximum atomic E-state index is 11.9. The van der Waals surface area contributed by atoms with E-state index in [9.17, 15) is 4.79 Å². The number of hydrogen-bond acceptors (Lipinski definition) is 5. The Labute approximate surface area is 104 Å². The number of amides is 1. The van der Waals surface area contributed by atoms with E-state index < -0.39 is 5.91 Å². The summed E-state index contributed by atoms with van der Waals surface area (Å²) in [7, 11) is 0. The number of H-pyrrole nitrogens is 1. The van der Waals surface area contributed by atoms with Gasteiger partial charge in [0.2, 0.25) is 5.88 Å². The van der Waals surface area contributed by atoms with E-state index in [0.717, 1.165) is 5.69 Å². The minimum Gasteiger partial charge on any atom is -0.395 e. The fraction of sp³-hybridized carbons (Fsp3) is 0.364. The van der Waals surface area contributed by atoms with Crippen molar-refractivity contribution in [1.29, 1.82) is 0 Å². The highest BCUT2D eigenvalue weighted by Crippen LogP contribution is 2.22. The van der Waals surface area contributed by atoms with Crippen LogP contribution in [-0.2, 0) is 0 Å². The number of anilines is 2. The molecular formula is C11H15N5O2. The first-order chi connectivity index (χ1) is 8.49. The summed E-state index contributed by atoms with van der Waals surface area (Å²) in [5.41, 5.74) is 7.81. The fourth-order valence-corrected chi connectivity index (χ4v) is 1.57. The van der Waals surface area contributed by atoms with Crippen LogP contribution in [-0.4, -0.2) is 21.3 Å². The van der Waals surface area contributed by atoms with Gasteiger partial charge in [-0.3, -0.25) is 15.2 Å². The highest BCUT2D eigenvalue weighted by molar-refractivity contribution is 6.05. The van der Waals surface area contributed by atoms with Gasteiger partial charge < -0.3 is 10.3 Å². The van der Waals surface area contributed by atoms with Crippen LogP contribution in [0.3, 0.4) is 0 Å². The summed E-state index contributed by atoms with van der Waals surface area (Å²) in [5.74, 6) is 0.0179. The summed E-state index contributed by atoms with van der Waals surface area (Å²) in [6.45, 7) is 5.69. The van der Waals surface area contributed by atoms with Gasteiger partial charge in [0.15, 0.2) is 5.69 Å². The zero-order valence-electron chi connectivity index (χ0n) is 10.4. The van der Waals surface area contributed by atoms with Crippen molar-refractivity contribution in [3.63, 3.8) is 0 Å². The predicted octanol–water partition coefficient (Wildman–Crippen LogP) is 1.66. The Morgan fingerprint density at radius 1 is 1.56 bits per heavy atom. The summed E-state index contributed by atoms with van der Waals surface area (Å²) in [6.07, 6.45) is 0. The quantitative estimate of drug-likeness (QED) is 0.766. The summed E-state index contributed by atoms with van der Waals surface area (Å²) in [4.78, 5) is 11.9. The molecule has 0 aliphatic rings. The molecule has 0 radical (unpaired) electrons. The van der Waals surface area contributed by atoms with Crippen LogP contribution in [0.4, 0.5) is 11.6 Å². The molecule has 2 aromatic heterocycles. The minimum absolute atomic E-state index is 0.160. The number of aromatic amines is 1. The van der Waals surface area contributed by atoms with Gasteiger partial charge in [0.25, 0.3) is 5.91 Å². The van der Waals surface area contributed by atoms with Crippen molar-refractivity contribution in [3.05, 3.63) is 23.1 Å². The van der Waals surface area contributed by atoms with Gasteiger partial charge in [0.05, 0.1) is 17.1 Å². The second kappa shape index (κ2) is 4.52. The Kier molecular flexibility index (Phi) is 3.05. The molecule has 2 rings (SSSR count). The van der Waals surface area contributed by atoms with Gasteiger partial charge >= 0.3 is 0 Å². The van der Waals surface area contributed by atoms with Crippen LogP contribution >= 0.6 is 0 Å². The van der Waals surface area contributed by atoms with Crippen LogP contribution in [0.15, 0.2) is 10.6 Å². The molecule has 7 heteroatoms. The summed E-state index contributed by atoms with van der Waals surface area (Å²) in [6, 6.07) is 1.62. The highest BCUT2D eigenvalue weighted by atomic mass is 16.5. The van der Waals surface area contributed by atoms with E-state index in [2.05, 4.69) is 20.7 Å². The molecular weight excluding hydrogens is 234 g/mol.